The number of nitrogens with zero attached hydrogens (tertiary/aromatic N) is 3. The topological polar surface area (TPSA) is 109 Å². The molecule has 0 atom stereocenters. The molecule has 1 aromatic carbocycles. The quantitative estimate of drug-likeness (QED) is 0.664. The number of rotatable bonds is 6. The molecule has 9 nitrogen and oxygen atoms in total. The van der Waals surface area contributed by atoms with E-state index in [9.17, 15) is 21.6 Å². The molecule has 0 radical (unpaired) electrons. The second-order valence-corrected chi connectivity index (χ2v) is 12.4. The number of benzene rings is 1. The van der Waals surface area contributed by atoms with Crippen LogP contribution in [0, 0.1) is 0 Å². The van der Waals surface area contributed by atoms with Gasteiger partial charge >= 0.3 is 0 Å². The Hall–Kier alpha value is -2.21. The van der Waals surface area contributed by atoms with Crippen LogP contribution in [0.1, 0.15) is 49.0 Å². The second-order valence-electron chi connectivity index (χ2n) is 8.55. The Bertz CT molecular complexity index is 1230. The van der Waals surface area contributed by atoms with Gasteiger partial charge in [0.2, 0.25) is 20.0 Å². The summed E-state index contributed by atoms with van der Waals surface area (Å²) in [6, 6.07) is 7.65. The van der Waals surface area contributed by atoms with Gasteiger partial charge in [0, 0.05) is 39.4 Å². The second kappa shape index (κ2) is 9.57. The fraction of sp³-hybridized carbons (Fsp3) is 0.500. The molecule has 0 unspecified atom stereocenters. The summed E-state index contributed by atoms with van der Waals surface area (Å²) in [7, 11) is -5.84. The number of hydrogen-bond acceptors (Lipinski definition) is 5. The zero-order valence-corrected chi connectivity index (χ0v) is 20.4. The smallest absolute Gasteiger partial charge is 0.272 e. The number of aryl methyl sites for hydroxylation is 1. The first kappa shape index (κ1) is 23.9. The molecule has 0 bridgehead atoms. The van der Waals surface area contributed by atoms with Crippen LogP contribution in [-0.2, 0) is 27.1 Å². The summed E-state index contributed by atoms with van der Waals surface area (Å²) in [5, 5.41) is 2.68. The SMILES string of the molecule is Cn1cc(S(=O)(=O)N2CCCCC2)cc1C(=O)Nc1ccccc1S(=O)(=O)N1CCCCC1. The molecule has 180 valence electrons. The Morgan fingerprint density at radius 1 is 0.818 bits per heavy atom. The molecule has 2 aliphatic heterocycles. The van der Waals surface area contributed by atoms with E-state index in [1.54, 1.807) is 25.2 Å². The van der Waals surface area contributed by atoms with Crippen molar-refractivity contribution in [2.45, 2.75) is 48.3 Å². The predicted molar refractivity (Wildman–Crippen MR) is 125 cm³/mol. The molecule has 1 aromatic heterocycles. The van der Waals surface area contributed by atoms with Crippen LogP contribution < -0.4 is 5.32 Å². The molecule has 2 aromatic rings. The van der Waals surface area contributed by atoms with E-state index in [0.29, 0.717) is 26.2 Å². The summed E-state index contributed by atoms with van der Waals surface area (Å²) in [6.07, 6.45) is 6.70. The highest BCUT2D eigenvalue weighted by molar-refractivity contribution is 7.89. The lowest BCUT2D eigenvalue weighted by Gasteiger charge is -2.26. The molecule has 2 saturated heterocycles. The molecule has 3 heterocycles. The molecule has 2 fully saturated rings. The normalized spacial score (nSPS) is 18.8. The predicted octanol–water partition coefficient (Wildman–Crippen LogP) is 2.63. The zero-order valence-electron chi connectivity index (χ0n) is 18.7. The van der Waals surface area contributed by atoms with Gasteiger partial charge in [0.1, 0.15) is 15.5 Å². The Kier molecular flexibility index (Phi) is 6.94. The molecule has 0 aliphatic carbocycles. The minimum atomic E-state index is -3.75. The van der Waals surface area contributed by atoms with E-state index in [0.717, 1.165) is 38.5 Å². The van der Waals surface area contributed by atoms with Crippen LogP contribution in [-0.4, -0.2) is 62.1 Å². The van der Waals surface area contributed by atoms with Crippen LogP contribution in [0.4, 0.5) is 5.69 Å². The van der Waals surface area contributed by atoms with E-state index in [2.05, 4.69) is 5.32 Å². The van der Waals surface area contributed by atoms with Gasteiger partial charge in [-0.15, -0.1) is 0 Å². The van der Waals surface area contributed by atoms with E-state index < -0.39 is 26.0 Å². The van der Waals surface area contributed by atoms with E-state index >= 15 is 0 Å². The van der Waals surface area contributed by atoms with Crippen molar-refractivity contribution in [1.82, 2.24) is 13.2 Å². The minimum Gasteiger partial charge on any atom is -0.345 e. The van der Waals surface area contributed by atoms with Crippen LogP contribution in [0.25, 0.3) is 0 Å². The molecular weight excluding hydrogens is 464 g/mol. The minimum absolute atomic E-state index is 0.0376. The number of carbonyl (C=O) groups excluding carboxylic acids is 1. The number of aromatic nitrogens is 1. The first-order valence-electron chi connectivity index (χ1n) is 11.3. The monoisotopic (exact) mass is 494 g/mol. The lowest BCUT2D eigenvalue weighted by Crippen LogP contribution is -2.36. The van der Waals surface area contributed by atoms with Crippen LogP contribution in [0.2, 0.25) is 0 Å². The summed E-state index contributed by atoms with van der Waals surface area (Å²) < 4.78 is 56.7. The first-order valence-corrected chi connectivity index (χ1v) is 14.2. The molecule has 1 N–H and O–H groups in total. The van der Waals surface area contributed by atoms with Crippen LogP contribution in [0.5, 0.6) is 0 Å². The van der Waals surface area contributed by atoms with Gasteiger partial charge in [-0.1, -0.05) is 25.0 Å². The maximum absolute atomic E-state index is 13.2. The van der Waals surface area contributed by atoms with Gasteiger partial charge in [-0.25, -0.2) is 16.8 Å². The maximum atomic E-state index is 13.2. The number of amides is 1. The van der Waals surface area contributed by atoms with E-state index in [-0.39, 0.29) is 21.2 Å². The van der Waals surface area contributed by atoms with E-state index in [1.807, 2.05) is 0 Å². The van der Waals surface area contributed by atoms with Crippen molar-refractivity contribution >= 4 is 31.6 Å². The van der Waals surface area contributed by atoms with Crippen molar-refractivity contribution in [3.05, 3.63) is 42.2 Å². The number of piperidine rings is 2. The third kappa shape index (κ3) is 4.86. The number of nitrogens with one attached hydrogen (secondary N) is 1. The van der Waals surface area contributed by atoms with E-state index in [4.69, 9.17) is 0 Å². The van der Waals surface area contributed by atoms with Crippen molar-refractivity contribution in [3.8, 4) is 0 Å². The number of sulfonamides is 2. The Labute approximate surface area is 195 Å². The number of para-hydroxylation sites is 1. The van der Waals surface area contributed by atoms with Gasteiger partial charge in [0.15, 0.2) is 0 Å². The highest BCUT2D eigenvalue weighted by Gasteiger charge is 2.30. The average molecular weight is 495 g/mol. The van der Waals surface area contributed by atoms with Crippen LogP contribution >= 0.6 is 0 Å². The Morgan fingerprint density at radius 3 is 1.97 bits per heavy atom. The van der Waals surface area contributed by atoms with Gasteiger partial charge in [0.05, 0.1) is 5.69 Å². The summed E-state index contributed by atoms with van der Waals surface area (Å²) in [4.78, 5) is 13.2. The van der Waals surface area contributed by atoms with E-state index in [1.165, 1.54) is 31.5 Å². The molecular formula is C22H30N4O5S2. The fourth-order valence-corrected chi connectivity index (χ4v) is 7.63. The van der Waals surface area contributed by atoms with Crippen molar-refractivity contribution in [1.29, 1.82) is 0 Å². The maximum Gasteiger partial charge on any atom is 0.272 e. The van der Waals surface area contributed by atoms with Gasteiger partial charge in [0.25, 0.3) is 5.91 Å². The molecule has 0 spiro atoms. The van der Waals surface area contributed by atoms with Gasteiger partial charge in [-0.3, -0.25) is 4.79 Å². The lowest BCUT2D eigenvalue weighted by atomic mass is 10.2. The molecule has 0 saturated carbocycles. The van der Waals surface area contributed by atoms with Gasteiger partial charge in [-0.05, 0) is 43.9 Å². The fourth-order valence-electron chi connectivity index (χ4n) is 4.38. The van der Waals surface area contributed by atoms with Crippen LogP contribution in [0.3, 0.4) is 0 Å². The molecule has 33 heavy (non-hydrogen) atoms. The van der Waals surface area contributed by atoms with Gasteiger partial charge in [-0.2, -0.15) is 8.61 Å². The number of hydrogen-bond donors (Lipinski definition) is 1. The number of carbonyl (C=O) groups is 1. The highest BCUT2D eigenvalue weighted by Crippen LogP contribution is 2.28. The Balaban J connectivity index is 1.59. The summed E-state index contributed by atoms with van der Waals surface area (Å²) in [6.45, 7) is 1.86. The molecule has 2 aliphatic rings. The third-order valence-corrected chi connectivity index (χ3v) is 10.1. The summed E-state index contributed by atoms with van der Waals surface area (Å²) in [5.41, 5.74) is 0.311. The van der Waals surface area contributed by atoms with Crippen molar-refractivity contribution < 1.29 is 21.6 Å². The number of anilines is 1. The molecule has 4 rings (SSSR count). The van der Waals surface area contributed by atoms with Crippen molar-refractivity contribution in [3.63, 3.8) is 0 Å². The van der Waals surface area contributed by atoms with Gasteiger partial charge < -0.3 is 9.88 Å². The standard InChI is InChI=1S/C22H30N4O5S2/c1-24-17-18(32(28,29)25-12-6-2-7-13-25)16-20(24)22(27)23-19-10-4-5-11-21(19)33(30,31)26-14-8-3-9-15-26/h4-5,10-11,16-17H,2-3,6-9,12-15H2,1H3,(H,23,27). The average Bonchev–Trinajstić information content (AvgIpc) is 3.23. The molecule has 1 amide bonds. The zero-order chi connectivity index (χ0) is 23.6. The first-order chi connectivity index (χ1) is 15.7. The summed E-state index contributed by atoms with van der Waals surface area (Å²) >= 11 is 0. The van der Waals surface area contributed by atoms with Crippen molar-refractivity contribution in [2.24, 2.45) is 7.05 Å². The molecule has 11 heteroatoms. The highest BCUT2D eigenvalue weighted by atomic mass is 32.2. The lowest BCUT2D eigenvalue weighted by molar-refractivity contribution is 0.101. The van der Waals surface area contributed by atoms with Crippen molar-refractivity contribution in [2.75, 3.05) is 31.5 Å². The van der Waals surface area contributed by atoms with Crippen LogP contribution in [0.15, 0.2) is 46.3 Å². The largest absolute Gasteiger partial charge is 0.345 e. The summed E-state index contributed by atoms with van der Waals surface area (Å²) in [5.74, 6) is -0.570. The third-order valence-electron chi connectivity index (χ3n) is 6.23. The Morgan fingerprint density at radius 2 is 1.36 bits per heavy atom.